The van der Waals surface area contributed by atoms with Crippen molar-refractivity contribution in [1.82, 2.24) is 5.32 Å². The molecule has 0 spiro atoms. The number of hydrogen-bond donors (Lipinski definition) is 2. The highest BCUT2D eigenvalue weighted by atomic mass is 35.5. The van der Waals surface area contributed by atoms with E-state index in [1.807, 2.05) is 18.2 Å². The summed E-state index contributed by atoms with van der Waals surface area (Å²) in [7, 11) is 0. The number of ether oxygens (including phenoxy) is 2. The Morgan fingerprint density at radius 1 is 1.23 bits per heavy atom. The van der Waals surface area contributed by atoms with Crippen LogP contribution < -0.4 is 20.5 Å². The molecule has 124 valence electrons. The van der Waals surface area contributed by atoms with Crippen LogP contribution >= 0.6 is 24.2 Å². The zero-order chi connectivity index (χ0) is 14.9. The lowest BCUT2D eigenvalue weighted by atomic mass is 10.3. The van der Waals surface area contributed by atoms with Gasteiger partial charge in [0.1, 0.15) is 13.2 Å². The first kappa shape index (κ1) is 18.9. The molecule has 3 N–H and O–H groups in total. The number of fused-ring (bicyclic) bond motifs is 1. The Balaban J connectivity index is 0.00000242. The number of rotatable bonds is 8. The summed E-state index contributed by atoms with van der Waals surface area (Å²) in [4.78, 5) is 12.7. The predicted octanol–water partition coefficient (Wildman–Crippen LogP) is 2.22. The molecule has 0 aromatic heterocycles. The molecule has 1 aliphatic heterocycles. The highest BCUT2D eigenvalue weighted by Gasteiger charge is 2.12. The van der Waals surface area contributed by atoms with E-state index in [9.17, 15) is 4.79 Å². The van der Waals surface area contributed by atoms with Gasteiger partial charge in [0, 0.05) is 23.6 Å². The molecule has 1 aromatic rings. The van der Waals surface area contributed by atoms with Crippen molar-refractivity contribution >= 4 is 30.1 Å². The minimum absolute atomic E-state index is 0. The largest absolute Gasteiger partial charge is 0.486 e. The third-order valence-corrected chi connectivity index (χ3v) is 4.06. The van der Waals surface area contributed by atoms with Crippen molar-refractivity contribution < 1.29 is 14.3 Å². The van der Waals surface area contributed by atoms with Crippen molar-refractivity contribution in [1.29, 1.82) is 0 Å². The van der Waals surface area contributed by atoms with Gasteiger partial charge in [-0.15, -0.1) is 24.2 Å². The molecular weight excluding hydrogens is 324 g/mol. The Morgan fingerprint density at radius 3 is 2.77 bits per heavy atom. The van der Waals surface area contributed by atoms with Crippen LogP contribution in [0.1, 0.15) is 19.3 Å². The van der Waals surface area contributed by atoms with Crippen LogP contribution in [-0.2, 0) is 4.79 Å². The zero-order valence-corrected chi connectivity index (χ0v) is 14.1. The average molecular weight is 347 g/mol. The van der Waals surface area contributed by atoms with Crippen molar-refractivity contribution in [2.45, 2.75) is 24.2 Å². The third-order valence-electron chi connectivity index (χ3n) is 3.06. The average Bonchev–Trinajstić information content (AvgIpc) is 2.51. The molecule has 0 radical (unpaired) electrons. The van der Waals surface area contributed by atoms with E-state index in [-0.39, 0.29) is 18.3 Å². The summed E-state index contributed by atoms with van der Waals surface area (Å²) in [5.41, 5.74) is 5.40. The SMILES string of the molecule is Cl.NCCCCNC(=O)CCSc1ccc2c(c1)OCCO2. The summed E-state index contributed by atoms with van der Waals surface area (Å²) < 4.78 is 11.0. The number of hydrogen-bond acceptors (Lipinski definition) is 5. The van der Waals surface area contributed by atoms with E-state index < -0.39 is 0 Å². The molecule has 0 saturated heterocycles. The van der Waals surface area contributed by atoms with Crippen LogP contribution in [0.2, 0.25) is 0 Å². The molecule has 1 aliphatic rings. The molecule has 0 aliphatic carbocycles. The molecule has 7 heteroatoms. The first-order valence-electron chi connectivity index (χ1n) is 7.29. The number of carbonyl (C=O) groups excluding carboxylic acids is 1. The number of thioether (sulfide) groups is 1. The fraction of sp³-hybridized carbons (Fsp3) is 0.533. The van der Waals surface area contributed by atoms with Crippen LogP contribution in [0.3, 0.4) is 0 Å². The van der Waals surface area contributed by atoms with Crippen molar-refractivity contribution in [3.05, 3.63) is 18.2 Å². The smallest absolute Gasteiger partial charge is 0.220 e. The normalized spacial score (nSPS) is 12.4. The van der Waals surface area contributed by atoms with Crippen LogP contribution in [0.25, 0.3) is 0 Å². The minimum atomic E-state index is 0. The molecule has 22 heavy (non-hydrogen) atoms. The summed E-state index contributed by atoms with van der Waals surface area (Å²) in [6.45, 7) is 2.58. The van der Waals surface area contributed by atoms with Crippen LogP contribution in [0.4, 0.5) is 0 Å². The number of nitrogens with one attached hydrogen (secondary N) is 1. The summed E-state index contributed by atoms with van der Waals surface area (Å²) in [5, 5.41) is 2.90. The van der Waals surface area contributed by atoms with Crippen molar-refractivity contribution in [3.8, 4) is 11.5 Å². The predicted molar refractivity (Wildman–Crippen MR) is 91.3 cm³/mol. The Bertz CT molecular complexity index is 474. The van der Waals surface area contributed by atoms with E-state index >= 15 is 0 Å². The zero-order valence-electron chi connectivity index (χ0n) is 12.5. The summed E-state index contributed by atoms with van der Waals surface area (Å²) >= 11 is 1.65. The van der Waals surface area contributed by atoms with Crippen molar-refractivity contribution in [3.63, 3.8) is 0 Å². The third kappa shape index (κ3) is 6.34. The summed E-state index contributed by atoms with van der Waals surface area (Å²) in [6, 6.07) is 5.89. The van der Waals surface area contributed by atoms with Gasteiger partial charge in [-0.3, -0.25) is 4.79 Å². The lowest BCUT2D eigenvalue weighted by Gasteiger charge is -2.18. The first-order chi connectivity index (χ1) is 10.3. The fourth-order valence-electron chi connectivity index (χ4n) is 1.96. The molecule has 1 amide bonds. The van der Waals surface area contributed by atoms with Crippen LogP contribution in [0, 0.1) is 0 Å². The van der Waals surface area contributed by atoms with Gasteiger partial charge < -0.3 is 20.5 Å². The summed E-state index contributed by atoms with van der Waals surface area (Å²) in [5.74, 6) is 2.43. The first-order valence-corrected chi connectivity index (χ1v) is 8.27. The van der Waals surface area contributed by atoms with Gasteiger partial charge >= 0.3 is 0 Å². The van der Waals surface area contributed by atoms with Crippen molar-refractivity contribution in [2.75, 3.05) is 32.1 Å². The fourth-order valence-corrected chi connectivity index (χ4v) is 2.84. The maximum Gasteiger partial charge on any atom is 0.220 e. The lowest BCUT2D eigenvalue weighted by molar-refractivity contribution is -0.120. The number of nitrogens with two attached hydrogens (primary N) is 1. The van der Waals surface area contributed by atoms with Gasteiger partial charge in [-0.25, -0.2) is 0 Å². The minimum Gasteiger partial charge on any atom is -0.486 e. The lowest BCUT2D eigenvalue weighted by Crippen LogP contribution is -2.25. The molecule has 0 atom stereocenters. The van der Waals surface area contributed by atoms with Gasteiger partial charge in [0.2, 0.25) is 5.91 Å². The highest BCUT2D eigenvalue weighted by molar-refractivity contribution is 7.99. The Labute approximate surface area is 141 Å². The van der Waals surface area contributed by atoms with E-state index in [2.05, 4.69) is 5.32 Å². The molecular formula is C15H23ClN2O3S. The van der Waals surface area contributed by atoms with Gasteiger partial charge in [0.05, 0.1) is 0 Å². The molecule has 0 fully saturated rings. The van der Waals surface area contributed by atoms with Crippen molar-refractivity contribution in [2.24, 2.45) is 5.73 Å². The molecule has 0 unspecified atom stereocenters. The maximum absolute atomic E-state index is 11.6. The van der Waals surface area contributed by atoms with Crippen LogP contribution in [0.15, 0.2) is 23.1 Å². The topological polar surface area (TPSA) is 73.6 Å². The maximum atomic E-state index is 11.6. The van der Waals surface area contributed by atoms with Gasteiger partial charge in [0.25, 0.3) is 0 Å². The van der Waals surface area contributed by atoms with E-state index in [0.29, 0.717) is 32.7 Å². The number of halogens is 1. The summed E-state index contributed by atoms with van der Waals surface area (Å²) in [6.07, 6.45) is 2.41. The van der Waals surface area contributed by atoms with E-state index in [0.717, 1.165) is 35.0 Å². The van der Waals surface area contributed by atoms with Gasteiger partial charge in [0.15, 0.2) is 11.5 Å². The van der Waals surface area contributed by atoms with Crippen LogP contribution in [-0.4, -0.2) is 38.0 Å². The molecule has 2 rings (SSSR count). The number of unbranched alkanes of at least 4 members (excludes halogenated alkanes) is 1. The second-order valence-corrected chi connectivity index (χ2v) is 5.92. The standard InChI is InChI=1S/C15H22N2O3S.ClH/c16-6-1-2-7-17-15(18)5-10-21-12-3-4-13-14(11-12)20-9-8-19-13;/h3-4,11H,1-2,5-10,16H2,(H,17,18);1H. The Hall–Kier alpha value is -1.11. The second kappa shape index (κ2) is 10.6. The van der Waals surface area contributed by atoms with Gasteiger partial charge in [-0.1, -0.05) is 0 Å². The second-order valence-electron chi connectivity index (χ2n) is 4.75. The molecule has 0 saturated carbocycles. The molecule has 1 heterocycles. The Kier molecular flexibility index (Phi) is 9.11. The van der Waals surface area contributed by atoms with Gasteiger partial charge in [-0.2, -0.15) is 0 Å². The molecule has 0 bridgehead atoms. The van der Waals surface area contributed by atoms with E-state index in [1.54, 1.807) is 11.8 Å². The van der Waals surface area contributed by atoms with Crippen LogP contribution in [0.5, 0.6) is 11.5 Å². The molecule has 1 aromatic carbocycles. The number of carbonyl (C=O) groups is 1. The quantitative estimate of drug-likeness (QED) is 0.557. The molecule has 5 nitrogen and oxygen atoms in total. The van der Waals surface area contributed by atoms with E-state index in [4.69, 9.17) is 15.2 Å². The van der Waals surface area contributed by atoms with E-state index in [1.165, 1.54) is 0 Å². The number of benzene rings is 1. The Morgan fingerprint density at radius 2 is 2.00 bits per heavy atom. The number of amides is 1. The monoisotopic (exact) mass is 346 g/mol. The van der Waals surface area contributed by atoms with Gasteiger partial charge in [-0.05, 0) is 37.6 Å². The highest BCUT2D eigenvalue weighted by Crippen LogP contribution is 2.34.